The van der Waals surface area contributed by atoms with Gasteiger partial charge in [0.15, 0.2) is 9.84 Å². The van der Waals surface area contributed by atoms with Gasteiger partial charge in [-0.15, -0.1) is 0 Å². The highest BCUT2D eigenvalue weighted by Gasteiger charge is 2.40. The average molecular weight is 242 g/mol. The molecule has 0 aromatic heterocycles. The second-order valence-electron chi connectivity index (χ2n) is 5.02. The summed E-state index contributed by atoms with van der Waals surface area (Å²) in [5.74, 6) is 0.232. The number of hydrogen-bond acceptors (Lipinski definition) is 4. The molecule has 1 aliphatic heterocycles. The van der Waals surface area contributed by atoms with E-state index >= 15 is 0 Å². The van der Waals surface area contributed by atoms with Gasteiger partial charge in [-0.25, -0.2) is 8.42 Å². The molecular weight excluding hydrogens is 224 g/mol. The van der Waals surface area contributed by atoms with E-state index in [2.05, 4.69) is 11.4 Å². The molecule has 90 valence electrons. The number of nitrogens with zero attached hydrogens (tertiary/aromatic N) is 1. The average Bonchev–Trinajstić information content (AvgIpc) is 2.69. The molecule has 0 radical (unpaired) electrons. The molecule has 1 N–H and O–H groups in total. The normalized spacial score (nSPS) is 34.7. The Balaban J connectivity index is 2.09. The van der Waals surface area contributed by atoms with Crippen LogP contribution in [0, 0.1) is 11.3 Å². The third kappa shape index (κ3) is 2.55. The van der Waals surface area contributed by atoms with Gasteiger partial charge >= 0.3 is 0 Å². The van der Waals surface area contributed by atoms with E-state index in [4.69, 9.17) is 0 Å². The van der Waals surface area contributed by atoms with Gasteiger partial charge in [0.2, 0.25) is 0 Å². The van der Waals surface area contributed by atoms with E-state index in [1.807, 2.05) is 0 Å². The Hall–Kier alpha value is -0.600. The second-order valence-corrected chi connectivity index (χ2v) is 7.20. The molecule has 0 spiro atoms. The van der Waals surface area contributed by atoms with Crippen LogP contribution in [0.3, 0.4) is 0 Å². The van der Waals surface area contributed by atoms with Crippen LogP contribution in [-0.2, 0) is 9.84 Å². The van der Waals surface area contributed by atoms with E-state index in [1.54, 1.807) is 0 Å². The van der Waals surface area contributed by atoms with E-state index in [9.17, 15) is 13.7 Å². The first-order valence-corrected chi connectivity index (χ1v) is 7.77. The quantitative estimate of drug-likeness (QED) is 0.784. The fourth-order valence-electron chi connectivity index (χ4n) is 2.81. The number of nitrogens with one attached hydrogen (secondary N) is 1. The predicted molar refractivity (Wildman–Crippen MR) is 61.6 cm³/mol. The molecule has 1 aliphatic carbocycles. The zero-order valence-corrected chi connectivity index (χ0v) is 10.2. The van der Waals surface area contributed by atoms with Crippen molar-refractivity contribution in [2.24, 2.45) is 0 Å². The van der Waals surface area contributed by atoms with Crippen molar-refractivity contribution in [3.63, 3.8) is 0 Å². The van der Waals surface area contributed by atoms with E-state index in [1.165, 1.54) is 12.8 Å². The van der Waals surface area contributed by atoms with Crippen LogP contribution in [0.5, 0.6) is 0 Å². The Morgan fingerprint density at radius 2 is 1.94 bits per heavy atom. The van der Waals surface area contributed by atoms with Crippen LogP contribution in [0.4, 0.5) is 0 Å². The van der Waals surface area contributed by atoms with Gasteiger partial charge in [0.1, 0.15) is 5.54 Å². The maximum absolute atomic E-state index is 11.6. The van der Waals surface area contributed by atoms with Crippen molar-refractivity contribution >= 4 is 9.84 Å². The molecule has 1 atom stereocenters. The number of sulfone groups is 1. The molecule has 0 aromatic rings. The van der Waals surface area contributed by atoms with Crippen molar-refractivity contribution in [3.8, 4) is 6.07 Å². The molecule has 1 heterocycles. The first kappa shape index (κ1) is 11.9. The first-order chi connectivity index (χ1) is 7.55. The molecule has 2 rings (SSSR count). The van der Waals surface area contributed by atoms with Crippen LogP contribution >= 0.6 is 0 Å². The molecule has 4 nitrogen and oxygen atoms in total. The lowest BCUT2D eigenvalue weighted by molar-refractivity contribution is 0.348. The van der Waals surface area contributed by atoms with E-state index < -0.39 is 15.4 Å². The maximum Gasteiger partial charge on any atom is 0.153 e. The van der Waals surface area contributed by atoms with Gasteiger partial charge in [0, 0.05) is 6.04 Å². The first-order valence-electron chi connectivity index (χ1n) is 5.95. The molecule has 0 aromatic carbocycles. The number of hydrogen-bond donors (Lipinski definition) is 1. The van der Waals surface area contributed by atoms with Gasteiger partial charge in [-0.1, -0.05) is 12.8 Å². The molecule has 0 bridgehead atoms. The fourth-order valence-corrected chi connectivity index (χ4v) is 4.58. The summed E-state index contributed by atoms with van der Waals surface area (Å²) in [4.78, 5) is 0. The van der Waals surface area contributed by atoms with Crippen molar-refractivity contribution in [1.29, 1.82) is 5.26 Å². The second kappa shape index (κ2) is 4.34. The number of nitriles is 1. The topological polar surface area (TPSA) is 70.0 Å². The lowest BCUT2D eigenvalue weighted by Gasteiger charge is -2.34. The van der Waals surface area contributed by atoms with Gasteiger partial charge < -0.3 is 0 Å². The zero-order valence-electron chi connectivity index (χ0n) is 9.41. The highest BCUT2D eigenvalue weighted by molar-refractivity contribution is 7.91. The Morgan fingerprint density at radius 3 is 2.50 bits per heavy atom. The third-order valence-corrected chi connectivity index (χ3v) is 5.42. The Bertz CT molecular complexity index is 393. The van der Waals surface area contributed by atoms with Gasteiger partial charge in [-0.3, -0.25) is 5.32 Å². The summed E-state index contributed by atoms with van der Waals surface area (Å²) in [5.41, 5.74) is -0.813. The molecule has 2 aliphatic rings. The minimum Gasteiger partial charge on any atom is -0.296 e. The summed E-state index contributed by atoms with van der Waals surface area (Å²) < 4.78 is 23.2. The van der Waals surface area contributed by atoms with E-state index in [0.717, 1.165) is 12.8 Å². The molecule has 5 heteroatoms. The summed E-state index contributed by atoms with van der Waals surface area (Å²) in [6.45, 7) is 0. The molecule has 0 amide bonds. The largest absolute Gasteiger partial charge is 0.296 e. The maximum atomic E-state index is 11.6. The summed E-state index contributed by atoms with van der Waals surface area (Å²) in [6, 6.07) is 2.55. The van der Waals surface area contributed by atoms with Crippen molar-refractivity contribution in [2.45, 2.75) is 50.1 Å². The monoisotopic (exact) mass is 242 g/mol. The summed E-state index contributed by atoms with van der Waals surface area (Å²) in [5, 5.41) is 12.6. The van der Waals surface area contributed by atoms with Crippen LogP contribution < -0.4 is 5.32 Å². The van der Waals surface area contributed by atoms with Gasteiger partial charge in [0.25, 0.3) is 0 Å². The fraction of sp³-hybridized carbons (Fsp3) is 0.909. The minimum absolute atomic E-state index is 0.00694. The highest BCUT2D eigenvalue weighted by Crippen LogP contribution is 2.27. The zero-order chi connectivity index (χ0) is 11.6. The minimum atomic E-state index is -3.03. The van der Waals surface area contributed by atoms with Crippen LogP contribution in [0.1, 0.15) is 38.5 Å². The Labute approximate surface area is 96.9 Å². The standard InChI is InChI=1S/C11H18N2O2S/c12-8-11(13-10-4-1-2-5-10)6-3-7-16(14,15)9-11/h10,13H,1-7,9H2. The van der Waals surface area contributed by atoms with Gasteiger partial charge in [0.05, 0.1) is 17.6 Å². The summed E-state index contributed by atoms with van der Waals surface area (Å²) in [7, 11) is -3.03. The molecule has 1 saturated carbocycles. The predicted octanol–water partition coefficient (Wildman–Crippen LogP) is 0.990. The molecule has 2 fully saturated rings. The van der Waals surface area contributed by atoms with E-state index in [-0.39, 0.29) is 11.5 Å². The SMILES string of the molecule is N#CC1(NC2CCCC2)CCCS(=O)(=O)C1. The molecule has 1 saturated heterocycles. The number of rotatable bonds is 2. The van der Waals surface area contributed by atoms with E-state index in [0.29, 0.717) is 18.9 Å². The summed E-state index contributed by atoms with van der Waals surface area (Å²) >= 11 is 0. The van der Waals surface area contributed by atoms with Crippen LogP contribution in [0.15, 0.2) is 0 Å². The van der Waals surface area contributed by atoms with Crippen molar-refractivity contribution in [1.82, 2.24) is 5.32 Å². The van der Waals surface area contributed by atoms with Crippen LogP contribution in [0.2, 0.25) is 0 Å². The lowest BCUT2D eigenvalue weighted by Crippen LogP contribution is -2.55. The molecular formula is C11H18N2O2S. The Kier molecular flexibility index (Phi) is 3.22. The smallest absolute Gasteiger partial charge is 0.153 e. The van der Waals surface area contributed by atoms with Crippen molar-refractivity contribution < 1.29 is 8.42 Å². The summed E-state index contributed by atoms with van der Waals surface area (Å²) in [6.07, 6.45) is 5.79. The van der Waals surface area contributed by atoms with Gasteiger partial charge in [-0.2, -0.15) is 5.26 Å². The van der Waals surface area contributed by atoms with Crippen molar-refractivity contribution in [2.75, 3.05) is 11.5 Å². The van der Waals surface area contributed by atoms with Crippen LogP contribution in [-0.4, -0.2) is 31.5 Å². The van der Waals surface area contributed by atoms with Gasteiger partial charge in [-0.05, 0) is 25.7 Å². The lowest BCUT2D eigenvalue weighted by atomic mass is 9.95. The van der Waals surface area contributed by atoms with Crippen LogP contribution in [0.25, 0.3) is 0 Å². The molecule has 1 unspecified atom stereocenters. The molecule has 16 heavy (non-hydrogen) atoms. The highest BCUT2D eigenvalue weighted by atomic mass is 32.2. The Morgan fingerprint density at radius 1 is 1.25 bits per heavy atom. The van der Waals surface area contributed by atoms with Crippen molar-refractivity contribution in [3.05, 3.63) is 0 Å². The third-order valence-electron chi connectivity index (χ3n) is 3.57.